The third-order valence-electron chi connectivity index (χ3n) is 4.39. The molecule has 1 saturated carbocycles. The Labute approximate surface area is 116 Å². The van der Waals surface area contributed by atoms with Gasteiger partial charge in [0.15, 0.2) is 0 Å². The zero-order valence-electron chi connectivity index (χ0n) is 11.6. The van der Waals surface area contributed by atoms with Crippen LogP contribution in [0, 0.1) is 11.8 Å². The smallest absolute Gasteiger partial charge is 0.0408 e. The van der Waals surface area contributed by atoms with E-state index in [2.05, 4.69) is 44.3 Å². The van der Waals surface area contributed by atoms with Gasteiger partial charge in [-0.3, -0.25) is 0 Å². The molecule has 4 atom stereocenters. The van der Waals surface area contributed by atoms with E-state index in [0.29, 0.717) is 17.9 Å². The molecule has 100 valence electrons. The van der Waals surface area contributed by atoms with Gasteiger partial charge in [-0.25, -0.2) is 0 Å². The van der Waals surface area contributed by atoms with E-state index in [1.807, 2.05) is 6.07 Å². The average Bonchev–Trinajstić information content (AvgIpc) is 2.36. The number of nitrogens with one attached hydrogen (secondary N) is 1. The van der Waals surface area contributed by atoms with Gasteiger partial charge in [0.05, 0.1) is 0 Å². The standard InChI is InChI=1S/C16H24ClN/c1-4-9-18-16-11(3)15(14(16)5-2)12-7-6-8-13(17)10-12/h6-8,10-11,14-16,18H,4-5,9H2,1-3H3. The van der Waals surface area contributed by atoms with Gasteiger partial charge in [0, 0.05) is 11.1 Å². The average molecular weight is 266 g/mol. The molecule has 2 heteroatoms. The third kappa shape index (κ3) is 2.57. The molecule has 0 aromatic heterocycles. The Morgan fingerprint density at radius 1 is 1.28 bits per heavy atom. The Hall–Kier alpha value is -0.530. The zero-order chi connectivity index (χ0) is 13.1. The van der Waals surface area contributed by atoms with Crippen molar-refractivity contribution in [2.24, 2.45) is 11.8 Å². The zero-order valence-corrected chi connectivity index (χ0v) is 12.4. The highest BCUT2D eigenvalue weighted by Gasteiger charge is 2.46. The van der Waals surface area contributed by atoms with Crippen molar-refractivity contribution in [3.8, 4) is 0 Å². The van der Waals surface area contributed by atoms with Crippen LogP contribution in [0.15, 0.2) is 24.3 Å². The minimum absolute atomic E-state index is 0.669. The Kier molecular flexibility index (Phi) is 4.69. The molecule has 0 radical (unpaired) electrons. The third-order valence-corrected chi connectivity index (χ3v) is 4.63. The van der Waals surface area contributed by atoms with Crippen molar-refractivity contribution in [3.05, 3.63) is 34.9 Å². The van der Waals surface area contributed by atoms with Crippen molar-refractivity contribution in [1.82, 2.24) is 5.32 Å². The summed E-state index contributed by atoms with van der Waals surface area (Å²) in [7, 11) is 0. The summed E-state index contributed by atoms with van der Waals surface area (Å²) in [4.78, 5) is 0. The van der Waals surface area contributed by atoms with Crippen molar-refractivity contribution in [1.29, 1.82) is 0 Å². The van der Waals surface area contributed by atoms with Crippen LogP contribution in [0.1, 0.15) is 45.1 Å². The van der Waals surface area contributed by atoms with Gasteiger partial charge in [0.1, 0.15) is 0 Å². The van der Waals surface area contributed by atoms with Crippen molar-refractivity contribution < 1.29 is 0 Å². The summed E-state index contributed by atoms with van der Waals surface area (Å²) in [5.41, 5.74) is 1.41. The fourth-order valence-corrected chi connectivity index (χ4v) is 3.70. The maximum Gasteiger partial charge on any atom is 0.0408 e. The van der Waals surface area contributed by atoms with Crippen molar-refractivity contribution in [2.75, 3.05) is 6.54 Å². The number of hydrogen-bond acceptors (Lipinski definition) is 1. The molecular weight excluding hydrogens is 242 g/mol. The molecule has 1 aliphatic rings. The van der Waals surface area contributed by atoms with Gasteiger partial charge in [-0.1, -0.05) is 50.9 Å². The molecule has 1 aliphatic carbocycles. The van der Waals surface area contributed by atoms with Gasteiger partial charge in [0.2, 0.25) is 0 Å². The summed E-state index contributed by atoms with van der Waals surface area (Å²) in [5, 5.41) is 4.56. The second-order valence-electron chi connectivity index (χ2n) is 5.49. The van der Waals surface area contributed by atoms with E-state index in [0.717, 1.165) is 17.5 Å². The summed E-state index contributed by atoms with van der Waals surface area (Å²) in [6.07, 6.45) is 2.45. The quantitative estimate of drug-likeness (QED) is 0.828. The van der Waals surface area contributed by atoms with Crippen molar-refractivity contribution >= 4 is 11.6 Å². The lowest BCUT2D eigenvalue weighted by atomic mass is 9.58. The molecule has 0 heterocycles. The summed E-state index contributed by atoms with van der Waals surface area (Å²) in [6, 6.07) is 9.08. The molecule has 0 bridgehead atoms. The predicted molar refractivity (Wildman–Crippen MR) is 79.2 cm³/mol. The van der Waals surface area contributed by atoms with Crippen LogP contribution in [0.25, 0.3) is 0 Å². The first kappa shape index (κ1) is 13.9. The van der Waals surface area contributed by atoms with Crippen LogP contribution in [0.3, 0.4) is 0 Å². The van der Waals surface area contributed by atoms with E-state index in [1.54, 1.807) is 0 Å². The number of hydrogen-bond donors (Lipinski definition) is 1. The lowest BCUT2D eigenvalue weighted by Gasteiger charge is -2.51. The Balaban J connectivity index is 2.10. The SMILES string of the molecule is CCCNC1C(C)C(c2cccc(Cl)c2)C1CC. The molecule has 1 fully saturated rings. The van der Waals surface area contributed by atoms with Crippen LogP contribution in [-0.4, -0.2) is 12.6 Å². The topological polar surface area (TPSA) is 12.0 Å². The molecule has 0 spiro atoms. The van der Waals surface area contributed by atoms with Crippen LogP contribution in [-0.2, 0) is 0 Å². The summed E-state index contributed by atoms with van der Waals surface area (Å²) >= 11 is 6.11. The molecule has 0 saturated heterocycles. The normalized spacial score (nSPS) is 31.1. The minimum atomic E-state index is 0.669. The largest absolute Gasteiger partial charge is 0.313 e. The monoisotopic (exact) mass is 265 g/mol. The summed E-state index contributed by atoms with van der Waals surface area (Å²) in [5.74, 6) is 2.13. The number of benzene rings is 1. The lowest BCUT2D eigenvalue weighted by Crippen LogP contribution is -2.56. The highest BCUT2D eigenvalue weighted by Crippen LogP contribution is 2.49. The van der Waals surface area contributed by atoms with E-state index in [9.17, 15) is 0 Å². The van der Waals surface area contributed by atoms with Gasteiger partial charge in [-0.15, -0.1) is 0 Å². The van der Waals surface area contributed by atoms with Crippen LogP contribution in [0.5, 0.6) is 0 Å². The highest BCUT2D eigenvalue weighted by molar-refractivity contribution is 6.30. The molecular formula is C16H24ClN. The summed E-state index contributed by atoms with van der Waals surface area (Å²) < 4.78 is 0. The Morgan fingerprint density at radius 2 is 2.06 bits per heavy atom. The molecule has 1 nitrogen and oxygen atoms in total. The minimum Gasteiger partial charge on any atom is -0.313 e. The summed E-state index contributed by atoms with van der Waals surface area (Å²) in [6.45, 7) is 8.03. The van der Waals surface area contributed by atoms with Gasteiger partial charge < -0.3 is 5.32 Å². The molecule has 1 N–H and O–H groups in total. The first-order valence-corrected chi connectivity index (χ1v) is 7.55. The maximum absolute atomic E-state index is 6.11. The van der Waals surface area contributed by atoms with Gasteiger partial charge >= 0.3 is 0 Å². The second kappa shape index (κ2) is 6.08. The first-order valence-electron chi connectivity index (χ1n) is 7.17. The van der Waals surface area contributed by atoms with Crippen LogP contribution in [0.4, 0.5) is 0 Å². The molecule has 4 unspecified atom stereocenters. The molecule has 0 aliphatic heterocycles. The van der Waals surface area contributed by atoms with E-state index in [1.165, 1.54) is 18.4 Å². The van der Waals surface area contributed by atoms with Gasteiger partial charge in [-0.05, 0) is 48.4 Å². The molecule has 2 rings (SSSR count). The van der Waals surface area contributed by atoms with Crippen LogP contribution in [0.2, 0.25) is 5.02 Å². The predicted octanol–water partition coefficient (Wildman–Crippen LogP) is 4.47. The Morgan fingerprint density at radius 3 is 2.67 bits per heavy atom. The van der Waals surface area contributed by atoms with Crippen molar-refractivity contribution in [3.63, 3.8) is 0 Å². The first-order chi connectivity index (χ1) is 8.69. The van der Waals surface area contributed by atoms with E-state index in [4.69, 9.17) is 11.6 Å². The highest BCUT2D eigenvalue weighted by atomic mass is 35.5. The van der Waals surface area contributed by atoms with Crippen LogP contribution < -0.4 is 5.32 Å². The van der Waals surface area contributed by atoms with Gasteiger partial charge in [0.25, 0.3) is 0 Å². The fourth-order valence-electron chi connectivity index (χ4n) is 3.50. The van der Waals surface area contributed by atoms with Gasteiger partial charge in [-0.2, -0.15) is 0 Å². The second-order valence-corrected chi connectivity index (χ2v) is 5.93. The van der Waals surface area contributed by atoms with E-state index >= 15 is 0 Å². The maximum atomic E-state index is 6.11. The molecule has 0 amide bonds. The molecule has 1 aromatic carbocycles. The Bertz CT molecular complexity index is 390. The molecule has 1 aromatic rings. The lowest BCUT2D eigenvalue weighted by molar-refractivity contribution is 0.0787. The van der Waals surface area contributed by atoms with E-state index < -0.39 is 0 Å². The number of halogens is 1. The number of rotatable bonds is 5. The molecule has 18 heavy (non-hydrogen) atoms. The fraction of sp³-hybridized carbons (Fsp3) is 0.625. The van der Waals surface area contributed by atoms with Crippen molar-refractivity contribution in [2.45, 2.75) is 45.6 Å². The van der Waals surface area contributed by atoms with Crippen LogP contribution >= 0.6 is 11.6 Å². The van der Waals surface area contributed by atoms with E-state index in [-0.39, 0.29) is 0 Å².